The Morgan fingerprint density at radius 1 is 1.62 bits per heavy atom. The van der Waals surface area contributed by atoms with Crippen LogP contribution in [0.1, 0.15) is 0 Å². The fourth-order valence-corrected chi connectivity index (χ4v) is 0.0783. The van der Waals surface area contributed by atoms with Crippen LogP contribution in [0.5, 0.6) is 0 Å². The van der Waals surface area contributed by atoms with Crippen molar-refractivity contribution in [2.75, 3.05) is 0 Å². The number of hydrogen-bond donors (Lipinski definition) is 2. The van der Waals surface area contributed by atoms with Gasteiger partial charge in [0.1, 0.15) is 0 Å². The minimum atomic E-state index is -3.79. The van der Waals surface area contributed by atoms with Crippen molar-refractivity contribution in [3.8, 4) is 0 Å². The maximum atomic E-state index is 11.6. The topological polar surface area (TPSA) is 38.0 Å². The lowest BCUT2D eigenvalue weighted by Crippen LogP contribution is -2.41. The third-order valence-corrected chi connectivity index (χ3v) is 0.522. The van der Waals surface area contributed by atoms with Gasteiger partial charge in [-0.15, -0.1) is 0 Å². The average molecular weight is 126 g/mol. The second-order valence-corrected chi connectivity index (χ2v) is 1.12. The highest BCUT2D eigenvalue weighted by Crippen LogP contribution is 2.17. The van der Waals surface area contributed by atoms with Crippen molar-refractivity contribution in [2.24, 2.45) is 5.84 Å². The Morgan fingerprint density at radius 2 is 2.00 bits per heavy atom. The zero-order chi connectivity index (χ0) is 6.78. The lowest BCUT2D eigenvalue weighted by molar-refractivity contribution is -0.0160. The second kappa shape index (κ2) is 2.15. The molecule has 0 radical (unpaired) electrons. The van der Waals surface area contributed by atoms with Gasteiger partial charge in [-0.05, 0) is 0 Å². The molecular weight excluding hydrogens is 121 g/mol. The molecule has 8 heavy (non-hydrogen) atoms. The molecule has 0 saturated heterocycles. The first kappa shape index (κ1) is 7.45. The highest BCUT2D eigenvalue weighted by Gasteiger charge is 2.31. The van der Waals surface area contributed by atoms with Gasteiger partial charge in [-0.1, -0.05) is 6.58 Å². The minimum absolute atomic E-state index is 0.933. The van der Waals surface area contributed by atoms with E-state index in [1.165, 1.54) is 0 Å². The summed E-state index contributed by atoms with van der Waals surface area (Å²) in [5.74, 6) is 2.41. The number of nitrogens with two attached hydrogens (primary N) is 1. The smallest absolute Gasteiger partial charge is 0.266 e. The van der Waals surface area contributed by atoms with Crippen LogP contribution >= 0.6 is 0 Å². The van der Waals surface area contributed by atoms with Crippen molar-refractivity contribution in [3.63, 3.8) is 0 Å². The van der Waals surface area contributed by atoms with E-state index in [-0.39, 0.29) is 0 Å². The van der Waals surface area contributed by atoms with Gasteiger partial charge in [0.05, 0.1) is 0 Å². The number of nitrogens with one attached hydrogen (secondary N) is 1. The van der Waals surface area contributed by atoms with E-state index in [1.54, 1.807) is 0 Å². The quantitative estimate of drug-likeness (QED) is 0.321. The molecule has 2 nitrogen and oxygen atoms in total. The van der Waals surface area contributed by atoms with Crippen molar-refractivity contribution in [1.29, 1.82) is 0 Å². The minimum Gasteiger partial charge on any atom is -0.266 e. The standard InChI is InChI=1S/C3H5F3N2/c1-2(4)3(5,6)8-7/h8H,1,7H2. The van der Waals surface area contributed by atoms with E-state index in [4.69, 9.17) is 0 Å². The first-order valence-corrected chi connectivity index (χ1v) is 1.71. The van der Waals surface area contributed by atoms with Gasteiger partial charge in [0.25, 0.3) is 0 Å². The van der Waals surface area contributed by atoms with Gasteiger partial charge >= 0.3 is 6.05 Å². The Bertz CT molecular complexity index is 101. The molecule has 0 saturated carbocycles. The molecule has 0 aliphatic carbocycles. The number of hydrazine groups is 1. The first-order valence-electron chi connectivity index (χ1n) is 1.71. The largest absolute Gasteiger partial charge is 0.366 e. The fourth-order valence-electron chi connectivity index (χ4n) is 0.0783. The third-order valence-electron chi connectivity index (χ3n) is 0.522. The molecule has 0 spiro atoms. The lowest BCUT2D eigenvalue weighted by Gasteiger charge is -2.09. The van der Waals surface area contributed by atoms with Gasteiger partial charge in [0.15, 0.2) is 5.83 Å². The molecule has 0 atom stereocenters. The van der Waals surface area contributed by atoms with E-state index in [2.05, 4.69) is 12.4 Å². The number of halogens is 3. The number of alkyl halides is 2. The van der Waals surface area contributed by atoms with Crippen molar-refractivity contribution in [2.45, 2.75) is 6.05 Å². The summed E-state index contributed by atoms with van der Waals surface area (Å²) in [4.78, 5) is 0. The first-order chi connectivity index (χ1) is 3.50. The maximum absolute atomic E-state index is 11.6. The Kier molecular flexibility index (Phi) is 2.00. The predicted octanol–water partition coefficient (Wildman–Crippen LogP) is 0.526. The second-order valence-electron chi connectivity index (χ2n) is 1.12. The Morgan fingerprint density at radius 3 is 2.00 bits per heavy atom. The van der Waals surface area contributed by atoms with Gasteiger partial charge < -0.3 is 0 Å². The molecule has 0 bridgehead atoms. The van der Waals surface area contributed by atoms with E-state index >= 15 is 0 Å². The van der Waals surface area contributed by atoms with Crippen LogP contribution in [0, 0.1) is 0 Å². The highest BCUT2D eigenvalue weighted by molar-refractivity contribution is 4.93. The Hall–Kier alpha value is -0.550. The normalized spacial score (nSPS) is 11.5. The summed E-state index contributed by atoms with van der Waals surface area (Å²) < 4.78 is 34.5. The zero-order valence-electron chi connectivity index (χ0n) is 3.92. The molecule has 0 heterocycles. The molecule has 0 aromatic heterocycles. The molecule has 0 rings (SSSR count). The van der Waals surface area contributed by atoms with Crippen molar-refractivity contribution < 1.29 is 13.2 Å². The van der Waals surface area contributed by atoms with Gasteiger partial charge in [0, 0.05) is 0 Å². The van der Waals surface area contributed by atoms with Crippen LogP contribution in [0.2, 0.25) is 0 Å². The van der Waals surface area contributed by atoms with E-state index < -0.39 is 11.9 Å². The zero-order valence-corrected chi connectivity index (χ0v) is 3.92. The molecule has 0 unspecified atom stereocenters. The van der Waals surface area contributed by atoms with Gasteiger partial charge in [0.2, 0.25) is 0 Å². The maximum Gasteiger partial charge on any atom is 0.366 e. The number of rotatable bonds is 2. The molecule has 0 amide bonds. The van der Waals surface area contributed by atoms with Crippen LogP contribution in [-0.2, 0) is 0 Å². The molecule has 0 fully saturated rings. The summed E-state index contributed by atoms with van der Waals surface area (Å²) in [7, 11) is 0. The summed E-state index contributed by atoms with van der Waals surface area (Å²) in [6.45, 7) is 2.34. The fraction of sp³-hybridized carbons (Fsp3) is 0.333. The molecule has 48 valence electrons. The number of hydrogen-bond acceptors (Lipinski definition) is 2. The molecule has 0 aromatic carbocycles. The Balaban J connectivity index is 3.91. The molecule has 5 heteroatoms. The summed E-state index contributed by atoms with van der Waals surface area (Å²) in [6.07, 6.45) is 0. The van der Waals surface area contributed by atoms with Crippen LogP contribution < -0.4 is 11.3 Å². The summed E-state index contributed by atoms with van der Waals surface area (Å²) in [5.41, 5.74) is 0.933. The summed E-state index contributed by atoms with van der Waals surface area (Å²) in [6, 6.07) is -3.79. The van der Waals surface area contributed by atoms with Crippen LogP contribution in [0.15, 0.2) is 12.4 Å². The third kappa shape index (κ3) is 1.51. The molecule has 3 N–H and O–H groups in total. The van der Waals surface area contributed by atoms with E-state index in [1.807, 2.05) is 0 Å². The van der Waals surface area contributed by atoms with Crippen molar-refractivity contribution in [1.82, 2.24) is 5.43 Å². The summed E-state index contributed by atoms with van der Waals surface area (Å²) in [5, 5.41) is 0. The van der Waals surface area contributed by atoms with E-state index in [9.17, 15) is 13.2 Å². The molecule has 0 aliphatic rings. The molecular formula is C3H5F3N2. The lowest BCUT2D eigenvalue weighted by atomic mass is 10.5. The molecule has 0 aromatic rings. The predicted molar refractivity (Wildman–Crippen MR) is 22.5 cm³/mol. The van der Waals surface area contributed by atoms with Crippen LogP contribution in [0.4, 0.5) is 13.2 Å². The van der Waals surface area contributed by atoms with Crippen LogP contribution in [-0.4, -0.2) is 6.05 Å². The van der Waals surface area contributed by atoms with Gasteiger partial charge in [-0.2, -0.15) is 14.2 Å². The average Bonchev–Trinajstić information content (AvgIpc) is 1.67. The molecule has 0 aliphatic heterocycles. The van der Waals surface area contributed by atoms with Crippen LogP contribution in [0.25, 0.3) is 0 Å². The van der Waals surface area contributed by atoms with Crippen molar-refractivity contribution in [3.05, 3.63) is 12.4 Å². The highest BCUT2D eigenvalue weighted by atomic mass is 19.3. The van der Waals surface area contributed by atoms with Gasteiger partial charge in [-0.25, -0.2) is 4.39 Å². The van der Waals surface area contributed by atoms with Crippen molar-refractivity contribution >= 4 is 0 Å². The van der Waals surface area contributed by atoms with E-state index in [0.29, 0.717) is 0 Å². The van der Waals surface area contributed by atoms with Gasteiger partial charge in [-0.3, -0.25) is 5.84 Å². The SMILES string of the molecule is C=C(F)C(F)(F)NN. The summed E-state index contributed by atoms with van der Waals surface area (Å²) >= 11 is 0. The monoisotopic (exact) mass is 126 g/mol. The van der Waals surface area contributed by atoms with Crippen LogP contribution in [0.3, 0.4) is 0 Å². The van der Waals surface area contributed by atoms with E-state index in [0.717, 1.165) is 5.43 Å². The Labute approximate surface area is 44.1 Å².